The Labute approximate surface area is 98.1 Å². The van der Waals surface area contributed by atoms with Crippen molar-refractivity contribution < 1.29 is 9.53 Å². The average molecular weight is 228 g/mol. The SMILES string of the molecule is COC(=O)C(N)CCN1CCC(C)CC1C. The van der Waals surface area contributed by atoms with Crippen molar-refractivity contribution in [3.05, 3.63) is 0 Å². The van der Waals surface area contributed by atoms with Crippen LogP contribution in [-0.4, -0.2) is 43.2 Å². The van der Waals surface area contributed by atoms with Gasteiger partial charge in [-0.1, -0.05) is 6.92 Å². The van der Waals surface area contributed by atoms with Crippen LogP contribution in [-0.2, 0) is 9.53 Å². The van der Waals surface area contributed by atoms with E-state index in [0.29, 0.717) is 12.5 Å². The van der Waals surface area contributed by atoms with Crippen LogP contribution in [0, 0.1) is 5.92 Å². The molecule has 0 aromatic rings. The van der Waals surface area contributed by atoms with E-state index < -0.39 is 6.04 Å². The number of rotatable bonds is 4. The first-order valence-corrected chi connectivity index (χ1v) is 6.12. The van der Waals surface area contributed by atoms with Gasteiger partial charge in [0.1, 0.15) is 6.04 Å². The summed E-state index contributed by atoms with van der Waals surface area (Å²) in [7, 11) is 1.38. The van der Waals surface area contributed by atoms with E-state index in [9.17, 15) is 4.79 Å². The Morgan fingerprint density at radius 1 is 1.56 bits per heavy atom. The smallest absolute Gasteiger partial charge is 0.322 e. The number of hydrogen-bond donors (Lipinski definition) is 1. The number of carbonyl (C=O) groups excluding carboxylic acids is 1. The number of nitrogens with zero attached hydrogens (tertiary/aromatic N) is 1. The molecule has 1 saturated heterocycles. The van der Waals surface area contributed by atoms with Crippen LogP contribution < -0.4 is 5.73 Å². The van der Waals surface area contributed by atoms with E-state index in [1.54, 1.807) is 0 Å². The fourth-order valence-electron chi connectivity index (χ4n) is 2.36. The third-order valence-corrected chi connectivity index (χ3v) is 3.51. The van der Waals surface area contributed by atoms with Crippen LogP contribution in [0.3, 0.4) is 0 Å². The minimum atomic E-state index is -0.475. The molecule has 1 heterocycles. The molecule has 4 nitrogen and oxygen atoms in total. The molecule has 1 aliphatic heterocycles. The number of piperidine rings is 1. The fraction of sp³-hybridized carbons (Fsp3) is 0.917. The molecule has 1 fully saturated rings. The first kappa shape index (κ1) is 13.5. The van der Waals surface area contributed by atoms with Crippen molar-refractivity contribution >= 4 is 5.97 Å². The van der Waals surface area contributed by atoms with Crippen LogP contribution in [0.1, 0.15) is 33.1 Å². The Hall–Kier alpha value is -0.610. The van der Waals surface area contributed by atoms with Crippen molar-refractivity contribution in [2.45, 2.75) is 45.2 Å². The van der Waals surface area contributed by atoms with Crippen molar-refractivity contribution in [3.8, 4) is 0 Å². The Morgan fingerprint density at radius 3 is 2.81 bits per heavy atom. The van der Waals surface area contributed by atoms with Crippen LogP contribution in [0.25, 0.3) is 0 Å². The standard InChI is InChI=1S/C12H24N2O2/c1-9-4-6-14(10(2)8-9)7-5-11(13)12(15)16-3/h9-11H,4-8,13H2,1-3H3. The minimum absolute atomic E-state index is 0.307. The number of ether oxygens (including phenoxy) is 1. The molecule has 0 spiro atoms. The van der Waals surface area contributed by atoms with Gasteiger partial charge in [-0.25, -0.2) is 0 Å². The molecule has 3 atom stereocenters. The van der Waals surface area contributed by atoms with Gasteiger partial charge in [0.25, 0.3) is 0 Å². The third kappa shape index (κ3) is 3.76. The molecule has 0 radical (unpaired) electrons. The van der Waals surface area contributed by atoms with Gasteiger partial charge in [-0.15, -0.1) is 0 Å². The molecular weight excluding hydrogens is 204 g/mol. The zero-order valence-electron chi connectivity index (χ0n) is 10.6. The molecular formula is C12H24N2O2. The topological polar surface area (TPSA) is 55.6 Å². The van der Waals surface area contributed by atoms with E-state index in [1.165, 1.54) is 20.0 Å². The highest BCUT2D eigenvalue weighted by atomic mass is 16.5. The van der Waals surface area contributed by atoms with Crippen molar-refractivity contribution in [1.82, 2.24) is 4.90 Å². The van der Waals surface area contributed by atoms with Gasteiger partial charge in [0.2, 0.25) is 0 Å². The van der Waals surface area contributed by atoms with Gasteiger partial charge in [0.05, 0.1) is 7.11 Å². The van der Waals surface area contributed by atoms with Gasteiger partial charge in [0.15, 0.2) is 0 Å². The number of hydrogen-bond acceptors (Lipinski definition) is 4. The first-order chi connectivity index (χ1) is 7.54. The Morgan fingerprint density at radius 2 is 2.25 bits per heavy atom. The second-order valence-electron chi connectivity index (χ2n) is 4.93. The molecule has 0 bridgehead atoms. The van der Waals surface area contributed by atoms with Crippen molar-refractivity contribution in [1.29, 1.82) is 0 Å². The summed E-state index contributed by atoms with van der Waals surface area (Å²) in [5, 5.41) is 0. The van der Waals surface area contributed by atoms with Crippen LogP contribution >= 0.6 is 0 Å². The van der Waals surface area contributed by atoms with Gasteiger partial charge in [0, 0.05) is 12.6 Å². The summed E-state index contributed by atoms with van der Waals surface area (Å²) in [6, 6.07) is 0.130. The zero-order chi connectivity index (χ0) is 12.1. The molecule has 1 aliphatic rings. The Bertz CT molecular complexity index is 233. The summed E-state index contributed by atoms with van der Waals surface area (Å²) in [6.07, 6.45) is 3.18. The summed E-state index contributed by atoms with van der Waals surface area (Å²) >= 11 is 0. The lowest BCUT2D eigenvalue weighted by Gasteiger charge is -2.36. The molecule has 94 valence electrons. The molecule has 1 rings (SSSR count). The van der Waals surface area contributed by atoms with E-state index in [4.69, 9.17) is 5.73 Å². The summed E-state index contributed by atoms with van der Waals surface area (Å²) in [5.74, 6) is 0.513. The van der Waals surface area contributed by atoms with Crippen LogP contribution in [0.5, 0.6) is 0 Å². The highest BCUT2D eigenvalue weighted by Gasteiger charge is 2.24. The minimum Gasteiger partial charge on any atom is -0.468 e. The van der Waals surface area contributed by atoms with Crippen molar-refractivity contribution in [2.24, 2.45) is 11.7 Å². The average Bonchev–Trinajstić information content (AvgIpc) is 2.26. The molecule has 2 N–H and O–H groups in total. The van der Waals surface area contributed by atoms with Gasteiger partial charge in [-0.3, -0.25) is 4.79 Å². The fourth-order valence-corrected chi connectivity index (χ4v) is 2.36. The van der Waals surface area contributed by atoms with Crippen LogP contribution in [0.15, 0.2) is 0 Å². The second kappa shape index (κ2) is 6.21. The van der Waals surface area contributed by atoms with E-state index in [0.717, 1.165) is 19.0 Å². The van der Waals surface area contributed by atoms with Gasteiger partial charge < -0.3 is 15.4 Å². The van der Waals surface area contributed by atoms with Crippen molar-refractivity contribution in [3.63, 3.8) is 0 Å². The highest BCUT2D eigenvalue weighted by molar-refractivity contribution is 5.75. The van der Waals surface area contributed by atoms with Crippen molar-refractivity contribution in [2.75, 3.05) is 20.2 Å². The maximum atomic E-state index is 11.2. The van der Waals surface area contributed by atoms with E-state index in [-0.39, 0.29) is 5.97 Å². The maximum absolute atomic E-state index is 11.2. The molecule has 0 amide bonds. The zero-order valence-corrected chi connectivity index (χ0v) is 10.6. The highest BCUT2D eigenvalue weighted by Crippen LogP contribution is 2.22. The lowest BCUT2D eigenvalue weighted by molar-refractivity contribution is -0.142. The van der Waals surface area contributed by atoms with Crippen LogP contribution in [0.2, 0.25) is 0 Å². The first-order valence-electron chi connectivity index (χ1n) is 6.12. The number of esters is 1. The largest absolute Gasteiger partial charge is 0.468 e. The normalized spacial score (nSPS) is 28.8. The quantitative estimate of drug-likeness (QED) is 0.729. The Balaban J connectivity index is 2.29. The number of nitrogens with two attached hydrogens (primary N) is 1. The lowest BCUT2D eigenvalue weighted by atomic mass is 9.93. The monoisotopic (exact) mass is 228 g/mol. The molecule has 0 aromatic carbocycles. The van der Waals surface area contributed by atoms with E-state index in [1.807, 2.05) is 0 Å². The van der Waals surface area contributed by atoms with Gasteiger partial charge in [-0.2, -0.15) is 0 Å². The van der Waals surface area contributed by atoms with Crippen LogP contribution in [0.4, 0.5) is 0 Å². The predicted octanol–water partition coefficient (Wildman–Crippen LogP) is 0.997. The summed E-state index contributed by atoms with van der Waals surface area (Å²) in [4.78, 5) is 13.6. The maximum Gasteiger partial charge on any atom is 0.322 e. The summed E-state index contributed by atoms with van der Waals surface area (Å²) < 4.78 is 4.61. The second-order valence-corrected chi connectivity index (χ2v) is 4.93. The molecule has 3 unspecified atom stereocenters. The lowest BCUT2D eigenvalue weighted by Crippen LogP contribution is -2.43. The molecule has 4 heteroatoms. The predicted molar refractivity (Wildman–Crippen MR) is 64.0 cm³/mol. The summed E-state index contributed by atoms with van der Waals surface area (Å²) in [6.45, 7) is 6.56. The third-order valence-electron chi connectivity index (χ3n) is 3.51. The van der Waals surface area contributed by atoms with E-state index in [2.05, 4.69) is 23.5 Å². The Kier molecular flexibility index (Phi) is 5.22. The molecule has 0 aliphatic carbocycles. The number of likely N-dealkylation sites (tertiary alicyclic amines) is 1. The van der Waals surface area contributed by atoms with Gasteiger partial charge >= 0.3 is 5.97 Å². The molecule has 16 heavy (non-hydrogen) atoms. The molecule has 0 saturated carbocycles. The van der Waals surface area contributed by atoms with Gasteiger partial charge in [-0.05, 0) is 38.6 Å². The van der Waals surface area contributed by atoms with E-state index >= 15 is 0 Å². The summed E-state index contributed by atoms with van der Waals surface area (Å²) in [5.41, 5.74) is 5.72. The number of methoxy groups -OCH3 is 1. The molecule has 0 aromatic heterocycles. The number of carbonyl (C=O) groups is 1.